The number of hydrogen-bond acceptors (Lipinski definition) is 4. The Labute approximate surface area is 168 Å². The highest BCUT2D eigenvalue weighted by atomic mass is 16.6. The van der Waals surface area contributed by atoms with Crippen LogP contribution in [0.4, 0.5) is 4.79 Å². The van der Waals surface area contributed by atoms with E-state index in [1.807, 2.05) is 6.92 Å². The maximum atomic E-state index is 12.7. The second kappa shape index (κ2) is 7.69. The second-order valence-corrected chi connectivity index (χ2v) is 9.48. The molecule has 1 saturated carbocycles. The van der Waals surface area contributed by atoms with Crippen LogP contribution in [0.3, 0.4) is 0 Å². The molecule has 2 aliphatic carbocycles. The first kappa shape index (κ1) is 19.7. The van der Waals surface area contributed by atoms with Gasteiger partial charge in [0.15, 0.2) is 0 Å². The summed E-state index contributed by atoms with van der Waals surface area (Å²) < 4.78 is 11.0. The average Bonchev–Trinajstić information content (AvgIpc) is 2.95. The number of esters is 1. The summed E-state index contributed by atoms with van der Waals surface area (Å²) in [6, 6.07) is 0. The highest BCUT2D eigenvalue weighted by Gasteiger charge is 2.52. The molecule has 0 aromatic carbocycles. The number of carbonyl (C=O) groups is 2. The minimum atomic E-state index is -0.218. The average molecular weight is 392 g/mol. The van der Waals surface area contributed by atoms with Crippen LogP contribution in [0.2, 0.25) is 0 Å². The Balaban J connectivity index is 1.42. The molecule has 5 unspecified atom stereocenters. The molecule has 0 radical (unpaired) electrons. The predicted molar refractivity (Wildman–Crippen MR) is 105 cm³/mol. The van der Waals surface area contributed by atoms with Crippen LogP contribution in [0.25, 0.3) is 0 Å². The number of fused-ring (bicyclic) bond motifs is 2. The zero-order valence-electron chi connectivity index (χ0n) is 17.5. The number of nitrogens with zero attached hydrogens (tertiary/aromatic N) is 1. The third-order valence-corrected chi connectivity index (χ3v) is 7.59. The Morgan fingerprint density at radius 1 is 1.39 bits per heavy atom. The van der Waals surface area contributed by atoms with Gasteiger partial charge in [0.05, 0.1) is 39.3 Å². The molecule has 4 aliphatic rings. The number of piperazine rings is 1. The summed E-state index contributed by atoms with van der Waals surface area (Å²) in [6.07, 6.45) is 7.01. The molecule has 2 saturated heterocycles. The van der Waals surface area contributed by atoms with Gasteiger partial charge in [0.25, 0.3) is 0 Å². The first-order valence-electron chi connectivity index (χ1n) is 11.1. The Hall–Kier alpha value is -1.56. The topological polar surface area (TPSA) is 60.3 Å². The fraction of sp³-hybridized carbons (Fsp3) is 0.818. The van der Waals surface area contributed by atoms with E-state index in [9.17, 15) is 9.59 Å². The van der Waals surface area contributed by atoms with Crippen molar-refractivity contribution in [3.05, 3.63) is 11.6 Å². The van der Waals surface area contributed by atoms with Crippen molar-refractivity contribution in [1.82, 2.24) is 4.90 Å². The van der Waals surface area contributed by atoms with E-state index < -0.39 is 0 Å². The summed E-state index contributed by atoms with van der Waals surface area (Å²) in [6.45, 7) is 10.9. The normalized spacial score (nSPS) is 38.3. The van der Waals surface area contributed by atoms with Gasteiger partial charge in [0.2, 0.25) is 0 Å². The third kappa shape index (κ3) is 3.56. The molecule has 28 heavy (non-hydrogen) atoms. The molecule has 6 nitrogen and oxygen atoms in total. The van der Waals surface area contributed by atoms with E-state index >= 15 is 0 Å². The van der Waals surface area contributed by atoms with Crippen molar-refractivity contribution in [2.45, 2.75) is 52.6 Å². The number of ether oxygens (including phenoxy) is 2. The lowest BCUT2D eigenvalue weighted by Crippen LogP contribution is -3.15. The number of quaternary nitrogens is 1. The molecular weight excluding hydrogens is 356 g/mol. The summed E-state index contributed by atoms with van der Waals surface area (Å²) in [5.74, 6) is 0.797. The van der Waals surface area contributed by atoms with E-state index in [4.69, 9.17) is 9.47 Å². The standard InChI is InChI=1S/C22H34N2O4/c1-4-27-21(26)24-10-8-23(9-11-24)14-17-16-12-18-15(2)6-5-7-22(18,3)13-19(16)28-20(17)25/h12,15-17,19H,4-11,13-14H2,1-3H3/p+1. The summed E-state index contributed by atoms with van der Waals surface area (Å²) in [5.41, 5.74) is 1.79. The van der Waals surface area contributed by atoms with E-state index in [0.717, 1.165) is 26.1 Å². The van der Waals surface area contributed by atoms with Gasteiger partial charge in [-0.15, -0.1) is 0 Å². The number of nitrogens with one attached hydrogen (secondary N) is 1. The lowest BCUT2D eigenvalue weighted by Gasteiger charge is -2.46. The van der Waals surface area contributed by atoms with Crippen molar-refractivity contribution in [3.63, 3.8) is 0 Å². The second-order valence-electron chi connectivity index (χ2n) is 9.48. The van der Waals surface area contributed by atoms with Gasteiger partial charge in [0, 0.05) is 5.92 Å². The SMILES string of the molecule is CCOC(=O)N1CC[NH+](CC2C(=O)OC3CC4(C)CCCC(C)C4=CC32)CC1. The number of allylic oxidation sites excluding steroid dienone is 1. The van der Waals surface area contributed by atoms with Crippen LogP contribution in [0.1, 0.15) is 46.5 Å². The quantitative estimate of drug-likeness (QED) is 0.587. The van der Waals surface area contributed by atoms with Gasteiger partial charge in [0.1, 0.15) is 12.0 Å². The van der Waals surface area contributed by atoms with Gasteiger partial charge in [-0.1, -0.05) is 31.9 Å². The van der Waals surface area contributed by atoms with E-state index in [2.05, 4.69) is 19.9 Å². The Morgan fingerprint density at radius 2 is 2.14 bits per heavy atom. The highest BCUT2D eigenvalue weighted by Crippen LogP contribution is 2.53. The third-order valence-electron chi connectivity index (χ3n) is 7.59. The largest absolute Gasteiger partial charge is 0.461 e. The molecular formula is C22H35N2O4+. The van der Waals surface area contributed by atoms with Gasteiger partial charge in [-0.05, 0) is 37.5 Å². The number of carbonyl (C=O) groups excluding carboxylic acids is 2. The predicted octanol–water partition coefficient (Wildman–Crippen LogP) is 1.66. The molecule has 2 heterocycles. The Bertz CT molecular complexity index is 655. The van der Waals surface area contributed by atoms with Crippen molar-refractivity contribution in [2.24, 2.45) is 23.2 Å². The first-order chi connectivity index (χ1) is 13.4. The molecule has 1 amide bonds. The number of hydrogen-bond donors (Lipinski definition) is 1. The molecule has 0 bridgehead atoms. The van der Waals surface area contributed by atoms with Gasteiger partial charge >= 0.3 is 12.1 Å². The van der Waals surface area contributed by atoms with E-state index in [-0.39, 0.29) is 35.4 Å². The van der Waals surface area contributed by atoms with Crippen molar-refractivity contribution in [1.29, 1.82) is 0 Å². The maximum Gasteiger partial charge on any atom is 0.410 e. The Morgan fingerprint density at radius 3 is 2.86 bits per heavy atom. The molecule has 0 aromatic rings. The monoisotopic (exact) mass is 391 g/mol. The van der Waals surface area contributed by atoms with Crippen LogP contribution in [0.15, 0.2) is 11.6 Å². The lowest BCUT2D eigenvalue weighted by molar-refractivity contribution is -0.906. The van der Waals surface area contributed by atoms with Crippen LogP contribution in [-0.4, -0.2) is 62.4 Å². The fourth-order valence-electron chi connectivity index (χ4n) is 6.02. The van der Waals surface area contributed by atoms with E-state index in [1.54, 1.807) is 10.5 Å². The van der Waals surface area contributed by atoms with Crippen LogP contribution < -0.4 is 4.90 Å². The lowest BCUT2D eigenvalue weighted by atomic mass is 9.59. The van der Waals surface area contributed by atoms with Crippen molar-refractivity contribution in [3.8, 4) is 0 Å². The van der Waals surface area contributed by atoms with Crippen molar-refractivity contribution >= 4 is 12.1 Å². The molecule has 1 N–H and O–H groups in total. The summed E-state index contributed by atoms with van der Waals surface area (Å²) >= 11 is 0. The van der Waals surface area contributed by atoms with Gasteiger partial charge in [-0.25, -0.2) is 4.79 Å². The maximum absolute atomic E-state index is 12.7. The van der Waals surface area contributed by atoms with Gasteiger partial charge in [-0.3, -0.25) is 9.69 Å². The fourth-order valence-corrected chi connectivity index (χ4v) is 6.02. The first-order valence-corrected chi connectivity index (χ1v) is 11.1. The summed E-state index contributed by atoms with van der Waals surface area (Å²) in [7, 11) is 0. The smallest absolute Gasteiger partial charge is 0.410 e. The van der Waals surface area contributed by atoms with Crippen molar-refractivity contribution in [2.75, 3.05) is 39.3 Å². The van der Waals surface area contributed by atoms with Gasteiger partial charge in [-0.2, -0.15) is 0 Å². The van der Waals surface area contributed by atoms with Crippen LogP contribution in [0, 0.1) is 23.2 Å². The number of rotatable bonds is 3. The van der Waals surface area contributed by atoms with Crippen molar-refractivity contribution < 1.29 is 24.0 Å². The highest BCUT2D eigenvalue weighted by molar-refractivity contribution is 5.76. The van der Waals surface area contributed by atoms with Crippen LogP contribution in [-0.2, 0) is 14.3 Å². The van der Waals surface area contributed by atoms with Crippen LogP contribution >= 0.6 is 0 Å². The molecule has 6 heteroatoms. The summed E-state index contributed by atoms with van der Waals surface area (Å²) in [4.78, 5) is 27.8. The molecule has 0 spiro atoms. The molecule has 0 aromatic heterocycles. The van der Waals surface area contributed by atoms with E-state index in [0.29, 0.717) is 25.6 Å². The Kier molecular flexibility index (Phi) is 5.43. The zero-order chi connectivity index (χ0) is 19.9. The molecule has 4 rings (SSSR count). The summed E-state index contributed by atoms with van der Waals surface area (Å²) in [5, 5.41) is 0. The molecule has 3 fully saturated rings. The molecule has 156 valence electrons. The minimum Gasteiger partial charge on any atom is -0.461 e. The molecule has 2 aliphatic heterocycles. The number of amides is 1. The van der Waals surface area contributed by atoms with Crippen LogP contribution in [0.5, 0.6) is 0 Å². The zero-order valence-corrected chi connectivity index (χ0v) is 17.5. The van der Waals surface area contributed by atoms with Gasteiger partial charge < -0.3 is 14.4 Å². The molecule has 5 atom stereocenters. The van der Waals surface area contributed by atoms with E-state index in [1.165, 1.54) is 24.2 Å². The minimum absolute atomic E-state index is 0.0120.